The molecular formula is C30H37N6O5P. The normalized spacial score (nSPS) is 16.5. The highest BCUT2D eigenvalue weighted by atomic mass is 31.2. The predicted octanol–water partition coefficient (Wildman–Crippen LogP) is 5.53. The average molecular weight is 593 g/mol. The lowest BCUT2D eigenvalue weighted by Crippen LogP contribution is -2.26. The first-order valence-electron chi connectivity index (χ1n) is 13.5. The Hall–Kier alpha value is -4.07. The Bertz CT molecular complexity index is 1390. The van der Waals surface area contributed by atoms with Crippen molar-refractivity contribution in [2.45, 2.75) is 51.9 Å². The fraction of sp³-hybridized carbons (Fsp3) is 0.333. The van der Waals surface area contributed by atoms with E-state index in [1.807, 2.05) is 60.7 Å². The van der Waals surface area contributed by atoms with E-state index in [0.29, 0.717) is 18.2 Å². The Balaban J connectivity index is 0.000000465. The molecule has 2 aromatic carbocycles. The van der Waals surface area contributed by atoms with Crippen molar-refractivity contribution in [1.82, 2.24) is 19.7 Å². The van der Waals surface area contributed by atoms with E-state index in [1.54, 1.807) is 18.4 Å². The highest BCUT2D eigenvalue weighted by molar-refractivity contribution is 7.45. The summed E-state index contributed by atoms with van der Waals surface area (Å²) in [5, 5.41) is 13.8. The van der Waals surface area contributed by atoms with Crippen LogP contribution < -0.4 is 15.3 Å². The van der Waals surface area contributed by atoms with Gasteiger partial charge in [-0.05, 0) is 57.9 Å². The van der Waals surface area contributed by atoms with Crippen LogP contribution in [0.5, 0.6) is 5.75 Å². The molecule has 4 aromatic rings. The van der Waals surface area contributed by atoms with Crippen LogP contribution in [0, 0.1) is 18.8 Å². The minimum Gasteiger partial charge on any atom is -0.462 e. The zero-order valence-corrected chi connectivity index (χ0v) is 24.9. The number of nitrogens with one attached hydrogen (secondary N) is 1. The number of esters is 1. The van der Waals surface area contributed by atoms with Crippen molar-refractivity contribution in [3.8, 4) is 12.3 Å². The summed E-state index contributed by atoms with van der Waals surface area (Å²) in [5.74, 6) is 0.715. The summed E-state index contributed by atoms with van der Waals surface area (Å²) in [4.78, 5) is 16.0. The van der Waals surface area contributed by atoms with Gasteiger partial charge in [0.15, 0.2) is 5.82 Å². The first-order chi connectivity index (χ1) is 20.4. The lowest BCUT2D eigenvalue weighted by atomic mass is 10.1. The molecule has 1 aliphatic heterocycles. The number of ether oxygens (including phenoxy) is 2. The molecule has 12 heteroatoms. The van der Waals surface area contributed by atoms with Gasteiger partial charge in [0.25, 0.3) is 0 Å². The summed E-state index contributed by atoms with van der Waals surface area (Å²) < 4.78 is 25.1. The van der Waals surface area contributed by atoms with Crippen LogP contribution in [0.25, 0.3) is 5.52 Å². The summed E-state index contributed by atoms with van der Waals surface area (Å²) in [7, 11) is -1.58. The van der Waals surface area contributed by atoms with E-state index >= 15 is 0 Å². The maximum Gasteiger partial charge on any atom is 0.320 e. The predicted molar refractivity (Wildman–Crippen MR) is 161 cm³/mol. The second-order valence-corrected chi connectivity index (χ2v) is 10.8. The van der Waals surface area contributed by atoms with Gasteiger partial charge >= 0.3 is 14.5 Å². The van der Waals surface area contributed by atoms with E-state index in [2.05, 4.69) is 40.8 Å². The molecule has 0 amide bonds. The molecule has 0 aliphatic carbocycles. The minimum absolute atomic E-state index is 0.0118. The van der Waals surface area contributed by atoms with E-state index in [0.717, 1.165) is 24.1 Å². The third-order valence-electron chi connectivity index (χ3n) is 5.92. The van der Waals surface area contributed by atoms with Gasteiger partial charge in [-0.15, -0.1) is 0 Å². The lowest BCUT2D eigenvalue weighted by molar-refractivity contribution is -0.145. The molecule has 2 aromatic heterocycles. The monoisotopic (exact) mass is 592 g/mol. The Labute approximate surface area is 247 Å². The number of rotatable bonds is 10. The summed E-state index contributed by atoms with van der Waals surface area (Å²) >= 11 is 0. The van der Waals surface area contributed by atoms with E-state index in [4.69, 9.17) is 29.5 Å². The van der Waals surface area contributed by atoms with E-state index in [1.165, 1.54) is 11.9 Å². The maximum atomic E-state index is 11.9. The molecule has 3 unspecified atom stereocenters. The number of carbonyl (C=O) groups is 1. The number of benzene rings is 2. The fourth-order valence-electron chi connectivity index (χ4n) is 4.06. The number of para-hydroxylation sites is 1. The van der Waals surface area contributed by atoms with Crippen LogP contribution in [-0.2, 0) is 18.8 Å². The molecule has 5 rings (SSSR count). The molecule has 3 N–H and O–H groups in total. The quantitative estimate of drug-likeness (QED) is 0.178. The van der Waals surface area contributed by atoms with E-state index in [9.17, 15) is 4.79 Å². The Kier molecular flexibility index (Phi) is 13.1. The molecule has 0 spiro atoms. The van der Waals surface area contributed by atoms with Crippen molar-refractivity contribution in [2.75, 3.05) is 18.9 Å². The van der Waals surface area contributed by atoms with Crippen molar-refractivity contribution in [3.63, 3.8) is 0 Å². The third-order valence-corrected chi connectivity index (χ3v) is 7.09. The number of hydrogen-bond acceptors (Lipinski definition) is 10. The Morgan fingerprint density at radius 1 is 1.12 bits per heavy atom. The number of nitrogens with zero attached hydrogens (tertiary/aromatic N) is 4. The summed E-state index contributed by atoms with van der Waals surface area (Å²) in [6.07, 6.45) is 2.67. The first-order valence-corrected chi connectivity index (χ1v) is 14.7. The van der Waals surface area contributed by atoms with Crippen molar-refractivity contribution in [2.24, 2.45) is 0 Å². The van der Waals surface area contributed by atoms with Crippen molar-refractivity contribution >= 4 is 25.8 Å². The van der Waals surface area contributed by atoms with Gasteiger partial charge in [-0.25, -0.2) is 19.8 Å². The van der Waals surface area contributed by atoms with Gasteiger partial charge < -0.3 is 24.3 Å². The number of fused-ring (bicyclic) bond motifs is 1. The zero-order valence-electron chi connectivity index (χ0n) is 24.0. The zero-order chi connectivity index (χ0) is 30.3. The third kappa shape index (κ3) is 10.1. The van der Waals surface area contributed by atoms with Crippen LogP contribution in [-0.4, -0.2) is 45.9 Å². The number of nitrogens with two attached hydrogens (primary N) is 1. The molecule has 3 heterocycles. The molecule has 1 fully saturated rings. The van der Waals surface area contributed by atoms with Crippen LogP contribution in [0.3, 0.4) is 0 Å². The second-order valence-electron chi connectivity index (χ2n) is 9.51. The molecule has 1 aliphatic rings. The molecule has 3 atom stereocenters. The summed E-state index contributed by atoms with van der Waals surface area (Å²) in [6, 6.07) is 23.4. The van der Waals surface area contributed by atoms with Gasteiger partial charge in [-0.1, -0.05) is 54.1 Å². The second kappa shape index (κ2) is 17.0. The molecule has 1 saturated heterocycles. The van der Waals surface area contributed by atoms with Crippen molar-refractivity contribution < 1.29 is 23.3 Å². The molecule has 0 radical (unpaired) electrons. The molecule has 11 nitrogen and oxygen atoms in total. The number of hydrogen-bond donors (Lipinski definition) is 2. The number of aryl methyl sites for hydroxylation is 1. The SMILES string of the molecule is C#N.CC(C)OC(=O)CNP(OCC1CCC(c2ccc3c(N)ncnn23)O1)Oc1ccccc1.Cc1ccccc1. The highest BCUT2D eigenvalue weighted by Gasteiger charge is 2.30. The molecule has 0 saturated carbocycles. The summed E-state index contributed by atoms with van der Waals surface area (Å²) in [6.45, 7) is 9.50. The molecular weight excluding hydrogens is 555 g/mol. The van der Waals surface area contributed by atoms with Crippen LogP contribution in [0.15, 0.2) is 79.1 Å². The van der Waals surface area contributed by atoms with E-state index in [-0.39, 0.29) is 30.8 Å². The lowest BCUT2D eigenvalue weighted by Gasteiger charge is -2.21. The largest absolute Gasteiger partial charge is 0.462 e. The fourth-order valence-corrected chi connectivity index (χ4v) is 5.14. The minimum atomic E-state index is -1.58. The maximum absolute atomic E-state index is 11.9. The number of anilines is 1. The van der Waals surface area contributed by atoms with Crippen LogP contribution in [0.4, 0.5) is 5.82 Å². The van der Waals surface area contributed by atoms with E-state index < -0.39 is 8.53 Å². The van der Waals surface area contributed by atoms with Gasteiger partial charge in [-0.3, -0.25) is 4.79 Å². The first kappa shape index (κ1) is 32.4. The van der Waals surface area contributed by atoms with Gasteiger partial charge in [-0.2, -0.15) is 5.10 Å². The van der Waals surface area contributed by atoms with Crippen LogP contribution >= 0.6 is 8.53 Å². The Morgan fingerprint density at radius 2 is 1.81 bits per heavy atom. The Morgan fingerprint density at radius 3 is 2.45 bits per heavy atom. The topological polar surface area (TPSA) is 146 Å². The van der Waals surface area contributed by atoms with Gasteiger partial charge in [0.1, 0.15) is 30.2 Å². The highest BCUT2D eigenvalue weighted by Crippen LogP contribution is 2.39. The smallest absolute Gasteiger partial charge is 0.320 e. The average Bonchev–Trinajstić information content (AvgIpc) is 3.64. The number of nitrogen functional groups attached to an aromatic ring is 1. The van der Waals surface area contributed by atoms with Gasteiger partial charge in [0, 0.05) is 6.57 Å². The van der Waals surface area contributed by atoms with Crippen molar-refractivity contribution in [3.05, 3.63) is 90.4 Å². The molecule has 42 heavy (non-hydrogen) atoms. The van der Waals surface area contributed by atoms with Crippen molar-refractivity contribution in [1.29, 1.82) is 5.26 Å². The summed E-state index contributed by atoms with van der Waals surface area (Å²) in [5.41, 5.74) is 8.94. The standard InChI is InChI=1S/C22H28N5O5P.C7H8.CHN/c1-15(2)30-21(28)12-26-33(32-16-6-4-3-5-7-16)29-13-17-8-11-20(31-17)18-9-10-19-22(23)24-14-25-27(18)19;1-7-5-3-2-4-6-7;1-2/h3-7,9-10,14-15,17,20,26H,8,11-13H2,1-2H3,(H2,23,24,25);2-6H,1H3;1H. The number of nitriles is 1. The molecule has 0 bridgehead atoms. The number of carbonyl (C=O) groups excluding carboxylic acids is 1. The van der Waals surface area contributed by atoms with Gasteiger partial charge in [0.2, 0.25) is 0 Å². The molecule has 222 valence electrons. The van der Waals surface area contributed by atoms with Crippen LogP contribution in [0.1, 0.15) is 44.1 Å². The number of aromatic nitrogens is 3. The van der Waals surface area contributed by atoms with Gasteiger partial charge in [0.05, 0.1) is 24.5 Å². The van der Waals surface area contributed by atoms with Crippen LogP contribution in [0.2, 0.25) is 0 Å².